The van der Waals surface area contributed by atoms with Crippen molar-refractivity contribution in [1.82, 2.24) is 10.2 Å². The maximum Gasteiger partial charge on any atom is 0.194 e. The third-order valence-electron chi connectivity index (χ3n) is 5.36. The molecule has 0 radical (unpaired) electrons. The minimum atomic E-state index is 0. The molecule has 5 nitrogen and oxygen atoms in total. The number of benzene rings is 1. The Hall–Kier alpha value is -1.18. The fourth-order valence-corrected chi connectivity index (χ4v) is 3.03. The number of likely N-dealkylation sites (tertiary alicyclic amines) is 1. The molecule has 0 spiro atoms. The smallest absolute Gasteiger partial charge is 0.194 e. The highest BCUT2D eigenvalue weighted by molar-refractivity contribution is 14.0. The lowest BCUT2D eigenvalue weighted by molar-refractivity contribution is -0.0667. The van der Waals surface area contributed by atoms with Crippen molar-refractivity contribution in [3.63, 3.8) is 0 Å². The molecule has 0 unspecified atom stereocenters. The number of ether oxygens (including phenoxy) is 2. The van der Waals surface area contributed by atoms with E-state index in [2.05, 4.69) is 44.8 Å². The van der Waals surface area contributed by atoms with E-state index >= 15 is 0 Å². The second kappa shape index (κ2) is 8.47. The van der Waals surface area contributed by atoms with Crippen molar-refractivity contribution < 1.29 is 9.47 Å². The third-order valence-corrected chi connectivity index (χ3v) is 5.36. The molecule has 142 valence electrons. The van der Waals surface area contributed by atoms with Crippen LogP contribution in [0.5, 0.6) is 11.5 Å². The Morgan fingerprint density at radius 1 is 1.20 bits per heavy atom. The fraction of sp³-hybridized carbons (Fsp3) is 0.632. The van der Waals surface area contributed by atoms with Gasteiger partial charge in [0, 0.05) is 29.6 Å². The van der Waals surface area contributed by atoms with Crippen molar-refractivity contribution in [2.45, 2.75) is 46.7 Å². The van der Waals surface area contributed by atoms with E-state index in [0.717, 1.165) is 36.1 Å². The van der Waals surface area contributed by atoms with E-state index < -0.39 is 0 Å². The molecule has 0 amide bonds. The summed E-state index contributed by atoms with van der Waals surface area (Å²) in [6, 6.07) is 5.90. The maximum atomic E-state index is 5.51. The van der Waals surface area contributed by atoms with Gasteiger partial charge in [0.25, 0.3) is 0 Å². The molecule has 1 saturated heterocycles. The largest absolute Gasteiger partial charge is 0.493 e. The molecule has 0 atom stereocenters. The maximum absolute atomic E-state index is 5.51. The quantitative estimate of drug-likeness (QED) is 0.411. The summed E-state index contributed by atoms with van der Waals surface area (Å²) in [7, 11) is 3.32. The number of hydrogen-bond acceptors (Lipinski definition) is 3. The Morgan fingerprint density at radius 2 is 1.88 bits per heavy atom. The zero-order chi connectivity index (χ0) is 18.0. The Kier molecular flexibility index (Phi) is 7.40. The zero-order valence-corrected chi connectivity index (χ0v) is 18.8. The molecule has 0 aliphatic carbocycles. The number of guanidine groups is 1. The number of halogens is 1. The summed E-state index contributed by atoms with van der Waals surface area (Å²) in [4.78, 5) is 7.20. The van der Waals surface area contributed by atoms with Crippen molar-refractivity contribution in [2.24, 2.45) is 10.4 Å². The van der Waals surface area contributed by atoms with Gasteiger partial charge in [-0.1, -0.05) is 26.0 Å². The molecule has 1 aliphatic rings. The highest BCUT2D eigenvalue weighted by Crippen LogP contribution is 2.46. The molecule has 1 N–H and O–H groups in total. The van der Waals surface area contributed by atoms with Gasteiger partial charge in [-0.3, -0.25) is 0 Å². The van der Waals surface area contributed by atoms with E-state index in [1.54, 1.807) is 14.2 Å². The van der Waals surface area contributed by atoms with Gasteiger partial charge in [0.15, 0.2) is 17.5 Å². The summed E-state index contributed by atoms with van der Waals surface area (Å²) in [6.45, 7) is 13.7. The fourth-order valence-electron chi connectivity index (χ4n) is 3.03. The number of aliphatic imine (C=N–C) groups is 1. The summed E-state index contributed by atoms with van der Waals surface area (Å²) in [5.41, 5.74) is 1.37. The van der Waals surface area contributed by atoms with Crippen LogP contribution in [0.3, 0.4) is 0 Å². The number of nitrogens with zero attached hydrogens (tertiary/aromatic N) is 2. The summed E-state index contributed by atoms with van der Waals surface area (Å²) < 4.78 is 10.9. The van der Waals surface area contributed by atoms with Gasteiger partial charge in [-0.2, -0.15) is 0 Å². The molecule has 1 fully saturated rings. The van der Waals surface area contributed by atoms with E-state index in [4.69, 9.17) is 14.5 Å². The van der Waals surface area contributed by atoms with Crippen molar-refractivity contribution >= 4 is 29.9 Å². The standard InChI is InChI=1S/C19H31N3O2.HI/c1-8-20-17(22-13-18(2,3)19(22,4)5)21-12-14-10-9-11-15(23-6)16(14)24-7;/h9-11H,8,12-13H2,1-7H3,(H,20,21);1H. The average Bonchev–Trinajstić information content (AvgIpc) is 2.56. The summed E-state index contributed by atoms with van der Waals surface area (Å²) in [5.74, 6) is 2.44. The first kappa shape index (κ1) is 21.9. The van der Waals surface area contributed by atoms with E-state index in [1.807, 2.05) is 18.2 Å². The SMILES string of the molecule is CCNC(=NCc1cccc(OC)c1OC)N1CC(C)(C)C1(C)C.I. The molecule has 6 heteroatoms. The first-order chi connectivity index (χ1) is 11.3. The van der Waals surface area contributed by atoms with Gasteiger partial charge in [-0.05, 0) is 26.8 Å². The molecular formula is C19H32IN3O2. The van der Waals surface area contributed by atoms with Crippen LogP contribution in [-0.4, -0.2) is 43.7 Å². The molecule has 0 bridgehead atoms. The monoisotopic (exact) mass is 461 g/mol. The molecular weight excluding hydrogens is 429 g/mol. The third kappa shape index (κ3) is 4.15. The lowest BCUT2D eigenvalue weighted by atomic mass is 9.65. The number of hydrogen-bond donors (Lipinski definition) is 1. The van der Waals surface area contributed by atoms with Crippen molar-refractivity contribution in [3.8, 4) is 11.5 Å². The normalized spacial score (nSPS) is 18.0. The number of methoxy groups -OCH3 is 2. The molecule has 1 aliphatic heterocycles. The van der Waals surface area contributed by atoms with Gasteiger partial charge in [-0.15, -0.1) is 24.0 Å². The van der Waals surface area contributed by atoms with E-state index in [1.165, 1.54) is 0 Å². The van der Waals surface area contributed by atoms with Gasteiger partial charge in [0.05, 0.1) is 20.8 Å². The average molecular weight is 461 g/mol. The van der Waals surface area contributed by atoms with Crippen LogP contribution in [0.1, 0.15) is 40.2 Å². The number of para-hydroxylation sites is 1. The topological polar surface area (TPSA) is 46.1 Å². The van der Waals surface area contributed by atoms with Crippen LogP contribution in [0.15, 0.2) is 23.2 Å². The Bertz CT molecular complexity index is 615. The molecule has 1 aromatic rings. The van der Waals surface area contributed by atoms with Crippen LogP contribution in [0.4, 0.5) is 0 Å². The highest BCUT2D eigenvalue weighted by Gasteiger charge is 2.53. The highest BCUT2D eigenvalue weighted by atomic mass is 127. The van der Waals surface area contributed by atoms with Gasteiger partial charge in [-0.25, -0.2) is 4.99 Å². The first-order valence-electron chi connectivity index (χ1n) is 8.54. The van der Waals surface area contributed by atoms with Crippen LogP contribution < -0.4 is 14.8 Å². The Morgan fingerprint density at radius 3 is 2.36 bits per heavy atom. The van der Waals surface area contributed by atoms with E-state index in [0.29, 0.717) is 6.54 Å². The summed E-state index contributed by atoms with van der Waals surface area (Å²) >= 11 is 0. The Balaban J connectivity index is 0.00000312. The molecule has 0 aromatic heterocycles. The predicted octanol–water partition coefficient (Wildman–Crippen LogP) is 3.91. The van der Waals surface area contributed by atoms with Crippen LogP contribution in [0, 0.1) is 5.41 Å². The summed E-state index contributed by atoms with van der Waals surface area (Å²) in [6.07, 6.45) is 0. The van der Waals surface area contributed by atoms with E-state index in [-0.39, 0.29) is 34.9 Å². The minimum Gasteiger partial charge on any atom is -0.493 e. The van der Waals surface area contributed by atoms with E-state index in [9.17, 15) is 0 Å². The van der Waals surface area contributed by atoms with Crippen molar-refractivity contribution in [3.05, 3.63) is 23.8 Å². The lowest BCUT2D eigenvalue weighted by Crippen LogP contribution is -2.72. The number of rotatable bonds is 5. The van der Waals surface area contributed by atoms with Gasteiger partial charge in [0.1, 0.15) is 0 Å². The van der Waals surface area contributed by atoms with Crippen molar-refractivity contribution in [2.75, 3.05) is 27.3 Å². The number of nitrogens with one attached hydrogen (secondary N) is 1. The van der Waals surface area contributed by atoms with Gasteiger partial charge >= 0.3 is 0 Å². The van der Waals surface area contributed by atoms with Crippen LogP contribution in [0.25, 0.3) is 0 Å². The molecule has 25 heavy (non-hydrogen) atoms. The molecule has 0 saturated carbocycles. The van der Waals surface area contributed by atoms with Crippen LogP contribution >= 0.6 is 24.0 Å². The summed E-state index contributed by atoms with van der Waals surface area (Å²) in [5, 5.41) is 3.42. The van der Waals surface area contributed by atoms with Crippen molar-refractivity contribution in [1.29, 1.82) is 0 Å². The Labute approximate surface area is 169 Å². The lowest BCUT2D eigenvalue weighted by Gasteiger charge is -2.62. The second-order valence-electron chi connectivity index (χ2n) is 7.35. The van der Waals surface area contributed by atoms with Gasteiger partial charge < -0.3 is 19.7 Å². The molecule has 1 heterocycles. The minimum absolute atomic E-state index is 0. The van der Waals surface area contributed by atoms with Crippen LogP contribution in [-0.2, 0) is 6.54 Å². The predicted molar refractivity (Wildman–Crippen MR) is 114 cm³/mol. The second-order valence-corrected chi connectivity index (χ2v) is 7.35. The first-order valence-corrected chi connectivity index (χ1v) is 8.54. The van der Waals surface area contributed by atoms with Gasteiger partial charge in [0.2, 0.25) is 0 Å². The van der Waals surface area contributed by atoms with Crippen LogP contribution in [0.2, 0.25) is 0 Å². The molecule has 1 aromatic carbocycles. The zero-order valence-electron chi connectivity index (χ0n) is 16.5. The molecule has 2 rings (SSSR count).